The van der Waals surface area contributed by atoms with Crippen LogP contribution < -0.4 is 0 Å². The number of allylic oxidation sites excluding steroid dienone is 4. The van der Waals surface area contributed by atoms with Crippen molar-refractivity contribution < 1.29 is 28.6 Å². The van der Waals surface area contributed by atoms with Crippen LogP contribution in [0, 0.1) is 5.92 Å². The number of carbonyl (C=O) groups is 3. The molecular weight excluding hydrogens is 541 g/mol. The molecule has 0 saturated heterocycles. The maximum Gasteiger partial charge on any atom is 0.354 e. The number of halogens is 2. The zero-order valence-corrected chi connectivity index (χ0v) is 23.2. The van der Waals surface area contributed by atoms with E-state index in [0.717, 1.165) is 12.0 Å². The van der Waals surface area contributed by atoms with Crippen molar-refractivity contribution in [2.45, 2.75) is 26.0 Å². The molecule has 3 aromatic rings. The number of hydrogen-bond donors (Lipinski definition) is 0. The van der Waals surface area contributed by atoms with Crippen LogP contribution in [0.4, 0.5) is 0 Å². The van der Waals surface area contributed by atoms with Crippen molar-refractivity contribution in [3.05, 3.63) is 105 Å². The second-order valence-electron chi connectivity index (χ2n) is 9.07. The average molecular weight is 568 g/mol. The summed E-state index contributed by atoms with van der Waals surface area (Å²) in [5.74, 6) is -2.02. The molecule has 0 bridgehead atoms. The van der Waals surface area contributed by atoms with Gasteiger partial charge in [0.25, 0.3) is 0 Å². The summed E-state index contributed by atoms with van der Waals surface area (Å²) in [6.45, 7) is 2.31. The fourth-order valence-electron chi connectivity index (χ4n) is 4.56. The standard InChI is InChI=1S/C30H27Cl2NO6/c1-18-9-8-10-19(15-18)17-33-25(29(35)37-2)16-22(20-11-4-6-13-23(20)31)26(33)27(30(36)38-3)39-28(34)21-12-5-7-14-24(21)32/h4-14,16,18,27H,15,17H2,1-3H3. The largest absolute Gasteiger partial charge is 0.466 e. The van der Waals surface area contributed by atoms with Crippen LogP contribution in [0.3, 0.4) is 0 Å². The lowest BCUT2D eigenvalue weighted by atomic mass is 9.95. The van der Waals surface area contributed by atoms with Gasteiger partial charge in [0.15, 0.2) is 0 Å². The molecule has 39 heavy (non-hydrogen) atoms. The van der Waals surface area contributed by atoms with Crippen molar-refractivity contribution in [2.75, 3.05) is 14.2 Å². The number of rotatable bonds is 8. The summed E-state index contributed by atoms with van der Waals surface area (Å²) in [6, 6.07) is 14.9. The number of nitrogens with zero attached hydrogens (tertiary/aromatic N) is 1. The van der Waals surface area contributed by atoms with Crippen molar-refractivity contribution >= 4 is 41.1 Å². The topological polar surface area (TPSA) is 83.8 Å². The molecule has 0 fully saturated rings. The smallest absolute Gasteiger partial charge is 0.354 e. The Kier molecular flexibility index (Phi) is 8.94. The Bertz CT molecular complexity index is 1470. The maximum atomic E-state index is 13.3. The summed E-state index contributed by atoms with van der Waals surface area (Å²) in [7, 11) is 2.47. The van der Waals surface area contributed by atoms with Gasteiger partial charge in [-0.2, -0.15) is 0 Å². The molecule has 0 aliphatic heterocycles. The molecule has 7 nitrogen and oxygen atoms in total. The summed E-state index contributed by atoms with van der Waals surface area (Å²) in [5, 5.41) is 0.540. The Labute approximate surface area is 236 Å². The molecule has 0 spiro atoms. The maximum absolute atomic E-state index is 13.3. The molecule has 2 atom stereocenters. The van der Waals surface area contributed by atoms with E-state index in [9.17, 15) is 14.4 Å². The monoisotopic (exact) mass is 567 g/mol. The number of benzene rings is 2. The number of aromatic nitrogens is 1. The minimum absolute atomic E-state index is 0.0765. The quantitative estimate of drug-likeness (QED) is 0.219. The van der Waals surface area contributed by atoms with Crippen LogP contribution in [0.25, 0.3) is 11.1 Å². The lowest BCUT2D eigenvalue weighted by Crippen LogP contribution is -2.26. The summed E-state index contributed by atoms with van der Waals surface area (Å²) in [6.07, 6.45) is 5.18. The SMILES string of the molecule is COC(=O)c1cc(-c2ccccc2Cl)c(C(OC(=O)c2ccccc2Cl)C(=O)OC)n1CC1=CC=CC(C)C1. The molecule has 0 amide bonds. The van der Waals surface area contributed by atoms with Crippen LogP contribution in [0.2, 0.25) is 10.0 Å². The van der Waals surface area contributed by atoms with Gasteiger partial charge >= 0.3 is 17.9 Å². The van der Waals surface area contributed by atoms with Crippen LogP contribution in [0.5, 0.6) is 0 Å². The molecule has 0 N–H and O–H groups in total. The Hall–Kier alpha value is -3.81. The van der Waals surface area contributed by atoms with Crippen molar-refractivity contribution in [1.29, 1.82) is 0 Å². The van der Waals surface area contributed by atoms with E-state index in [1.807, 2.05) is 12.2 Å². The predicted molar refractivity (Wildman–Crippen MR) is 149 cm³/mol. The first-order valence-corrected chi connectivity index (χ1v) is 13.0. The highest BCUT2D eigenvalue weighted by atomic mass is 35.5. The fraction of sp³-hybridized carbons (Fsp3) is 0.233. The number of esters is 3. The molecule has 1 aliphatic carbocycles. The van der Waals surface area contributed by atoms with Crippen LogP contribution >= 0.6 is 23.2 Å². The molecule has 1 aliphatic rings. The van der Waals surface area contributed by atoms with Gasteiger partial charge < -0.3 is 18.8 Å². The van der Waals surface area contributed by atoms with Crippen molar-refractivity contribution in [3.8, 4) is 11.1 Å². The van der Waals surface area contributed by atoms with Crippen LogP contribution in [-0.4, -0.2) is 36.7 Å². The first kappa shape index (κ1) is 28.2. The van der Waals surface area contributed by atoms with Gasteiger partial charge in [-0.1, -0.05) is 78.7 Å². The first-order valence-electron chi connectivity index (χ1n) is 12.2. The zero-order valence-electron chi connectivity index (χ0n) is 21.6. The van der Waals surface area contributed by atoms with E-state index in [1.54, 1.807) is 53.1 Å². The second-order valence-corrected chi connectivity index (χ2v) is 9.88. The summed E-state index contributed by atoms with van der Waals surface area (Å²) in [4.78, 5) is 39.5. The molecule has 1 aromatic heterocycles. The van der Waals surface area contributed by atoms with Crippen LogP contribution in [0.1, 0.15) is 46.0 Å². The Balaban J connectivity index is 1.96. The van der Waals surface area contributed by atoms with Gasteiger partial charge in [-0.25, -0.2) is 14.4 Å². The third-order valence-corrected chi connectivity index (χ3v) is 7.06. The minimum Gasteiger partial charge on any atom is -0.466 e. The van der Waals surface area contributed by atoms with Gasteiger partial charge in [-0.05, 0) is 42.2 Å². The van der Waals surface area contributed by atoms with Gasteiger partial charge in [0.05, 0.1) is 30.5 Å². The van der Waals surface area contributed by atoms with E-state index >= 15 is 0 Å². The lowest BCUT2D eigenvalue weighted by Gasteiger charge is -2.23. The van der Waals surface area contributed by atoms with Gasteiger partial charge in [0.2, 0.25) is 6.10 Å². The van der Waals surface area contributed by atoms with E-state index in [4.69, 9.17) is 37.4 Å². The van der Waals surface area contributed by atoms with Gasteiger partial charge in [0.1, 0.15) is 5.69 Å². The Morgan fingerprint density at radius 3 is 2.28 bits per heavy atom. The highest BCUT2D eigenvalue weighted by molar-refractivity contribution is 6.34. The Morgan fingerprint density at radius 2 is 1.64 bits per heavy atom. The van der Waals surface area contributed by atoms with Gasteiger partial charge in [-0.3, -0.25) is 0 Å². The van der Waals surface area contributed by atoms with Crippen molar-refractivity contribution in [1.82, 2.24) is 4.57 Å². The molecule has 2 unspecified atom stereocenters. The van der Waals surface area contributed by atoms with Crippen molar-refractivity contribution in [2.24, 2.45) is 5.92 Å². The van der Waals surface area contributed by atoms with Crippen LogP contribution in [-0.2, 0) is 25.5 Å². The van der Waals surface area contributed by atoms with E-state index in [0.29, 0.717) is 16.1 Å². The molecule has 2 aromatic carbocycles. The number of carbonyl (C=O) groups excluding carboxylic acids is 3. The molecule has 9 heteroatoms. The highest BCUT2D eigenvalue weighted by Gasteiger charge is 2.36. The minimum atomic E-state index is -1.55. The normalized spacial score (nSPS) is 15.3. The van der Waals surface area contributed by atoms with Crippen molar-refractivity contribution in [3.63, 3.8) is 0 Å². The van der Waals surface area contributed by atoms with Gasteiger partial charge in [-0.15, -0.1) is 0 Å². The summed E-state index contributed by atoms with van der Waals surface area (Å²) >= 11 is 12.8. The average Bonchev–Trinajstić information content (AvgIpc) is 3.29. The third-order valence-electron chi connectivity index (χ3n) is 6.40. The molecule has 1 heterocycles. The lowest BCUT2D eigenvalue weighted by molar-refractivity contribution is -0.151. The number of methoxy groups -OCH3 is 2. The van der Waals surface area contributed by atoms with E-state index < -0.39 is 24.0 Å². The summed E-state index contributed by atoms with van der Waals surface area (Å²) in [5.41, 5.74) is 2.41. The summed E-state index contributed by atoms with van der Waals surface area (Å²) < 4.78 is 17.6. The first-order chi connectivity index (χ1) is 18.7. The number of hydrogen-bond acceptors (Lipinski definition) is 6. The number of ether oxygens (including phenoxy) is 3. The predicted octanol–water partition coefficient (Wildman–Crippen LogP) is 6.84. The van der Waals surface area contributed by atoms with E-state index in [2.05, 4.69) is 13.0 Å². The van der Waals surface area contributed by atoms with Gasteiger partial charge in [0, 0.05) is 22.7 Å². The highest BCUT2D eigenvalue weighted by Crippen LogP contribution is 2.39. The molecule has 0 saturated carbocycles. The fourth-order valence-corrected chi connectivity index (χ4v) is 5.01. The van der Waals surface area contributed by atoms with Crippen LogP contribution in [0.15, 0.2) is 78.4 Å². The van der Waals surface area contributed by atoms with E-state index in [1.165, 1.54) is 20.3 Å². The Morgan fingerprint density at radius 1 is 0.949 bits per heavy atom. The zero-order chi connectivity index (χ0) is 28.1. The molecule has 202 valence electrons. The molecular formula is C30H27Cl2NO6. The molecule has 0 radical (unpaired) electrons. The van der Waals surface area contributed by atoms with E-state index in [-0.39, 0.29) is 34.4 Å². The third kappa shape index (κ3) is 6.10. The molecule has 4 rings (SSSR count). The second kappa shape index (κ2) is 12.4.